The summed E-state index contributed by atoms with van der Waals surface area (Å²) in [5.74, 6) is 0.278. The van der Waals surface area contributed by atoms with Crippen LogP contribution in [-0.2, 0) is 8.98 Å². The van der Waals surface area contributed by atoms with Gasteiger partial charge in [-0.05, 0) is 54.0 Å². The molecule has 0 aliphatic heterocycles. The van der Waals surface area contributed by atoms with Gasteiger partial charge in [0.15, 0.2) is 0 Å². The molecule has 148 valence electrons. The van der Waals surface area contributed by atoms with E-state index in [9.17, 15) is 4.79 Å². The third-order valence-electron chi connectivity index (χ3n) is 5.40. The van der Waals surface area contributed by atoms with Crippen LogP contribution in [0.4, 0.5) is 0 Å². The van der Waals surface area contributed by atoms with E-state index in [1.807, 2.05) is 32.0 Å². The van der Waals surface area contributed by atoms with Crippen LogP contribution in [0.2, 0.25) is 0 Å². The van der Waals surface area contributed by atoms with E-state index in [1.54, 1.807) is 6.20 Å². The Bertz CT molecular complexity index is 1240. The summed E-state index contributed by atoms with van der Waals surface area (Å²) in [6.07, 6.45) is 4.33. The first-order valence-corrected chi connectivity index (χ1v) is 10.7. The molecule has 0 N–H and O–H groups in total. The van der Waals surface area contributed by atoms with Crippen molar-refractivity contribution in [2.75, 3.05) is 0 Å². The Balaban J connectivity index is 0.00000136. The number of benzene rings is 2. The Hall–Kier alpha value is -2.19. The van der Waals surface area contributed by atoms with Gasteiger partial charge in [-0.15, -0.1) is 0 Å². The molecule has 2 heterocycles. The van der Waals surface area contributed by atoms with Crippen molar-refractivity contribution in [3.63, 3.8) is 0 Å². The van der Waals surface area contributed by atoms with Gasteiger partial charge in [-0.3, -0.25) is 9.36 Å². The number of nitrogens with zero attached hydrogens (tertiary/aromatic N) is 2. The normalized spacial score (nSPS) is 13.6. The van der Waals surface area contributed by atoms with E-state index >= 15 is 0 Å². The number of carbonyl (C=O) groups excluding carboxylic acids is 1. The molecule has 4 nitrogen and oxygen atoms in total. The monoisotopic (exact) mass is 410 g/mol. The molecule has 0 saturated heterocycles. The van der Waals surface area contributed by atoms with E-state index in [2.05, 4.69) is 45.9 Å². The molecule has 30 heavy (non-hydrogen) atoms. The van der Waals surface area contributed by atoms with Crippen molar-refractivity contribution >= 4 is 39.8 Å². The Labute approximate surface area is 193 Å². The Morgan fingerprint density at radius 3 is 2.63 bits per heavy atom. The summed E-state index contributed by atoms with van der Waals surface area (Å²) in [4.78, 5) is 16.7. The summed E-state index contributed by atoms with van der Waals surface area (Å²) in [5.41, 5.74) is 3.34. The third-order valence-corrected chi connectivity index (χ3v) is 6.12. The predicted molar refractivity (Wildman–Crippen MR) is 118 cm³/mol. The van der Waals surface area contributed by atoms with E-state index < -0.39 is 0 Å². The van der Waals surface area contributed by atoms with E-state index in [4.69, 9.17) is 4.18 Å². The van der Waals surface area contributed by atoms with Crippen LogP contribution < -0.4 is 18.9 Å². The summed E-state index contributed by atoms with van der Waals surface area (Å²) in [5, 5.41) is 4.35. The van der Waals surface area contributed by atoms with Crippen molar-refractivity contribution in [2.24, 2.45) is 5.92 Å². The molecule has 4 aromatic rings. The van der Waals surface area contributed by atoms with Gasteiger partial charge in [0, 0.05) is 17.0 Å². The minimum atomic E-state index is -0.228. The quantitative estimate of drug-likeness (QED) is 0.374. The molecule has 0 radical (unpaired) electrons. The van der Waals surface area contributed by atoms with Gasteiger partial charge in [0.2, 0.25) is 0 Å². The van der Waals surface area contributed by atoms with Crippen molar-refractivity contribution in [1.82, 2.24) is 9.55 Å². The molecular weight excluding hydrogens is 387 g/mol. The first kappa shape index (κ1) is 21.1. The first-order chi connectivity index (χ1) is 14.1. The van der Waals surface area contributed by atoms with Crippen molar-refractivity contribution in [3.8, 4) is 5.69 Å². The van der Waals surface area contributed by atoms with E-state index in [1.165, 1.54) is 29.2 Å². The van der Waals surface area contributed by atoms with Crippen molar-refractivity contribution in [3.05, 3.63) is 66.4 Å². The SMILES string of the molecule is CC(C)C(=O)OSc1cc2cccnc2n1-c1ccc(C2CC2)c2ccccc12.[H-].[Li+]. The van der Waals surface area contributed by atoms with Gasteiger partial charge in [-0.1, -0.05) is 44.2 Å². The summed E-state index contributed by atoms with van der Waals surface area (Å²) in [6.45, 7) is 3.67. The second kappa shape index (κ2) is 8.51. The zero-order valence-electron chi connectivity index (χ0n) is 18.5. The number of hydrogen-bond acceptors (Lipinski definition) is 4. The van der Waals surface area contributed by atoms with Crippen LogP contribution in [0.1, 0.15) is 39.6 Å². The maximum atomic E-state index is 12.1. The fourth-order valence-electron chi connectivity index (χ4n) is 3.74. The standard InChI is InChI=1S/C24H22N2O2S.Li.H/c1-15(2)24(27)28-29-22-14-17-6-5-13-25-23(17)26(22)21-12-11-18(16-9-10-16)19-7-3-4-8-20(19)21;;/h3-8,11-16H,9-10H2,1-2H3;;/q;+1;-1. The number of fused-ring (bicyclic) bond motifs is 2. The molecule has 1 aliphatic rings. The Morgan fingerprint density at radius 2 is 1.90 bits per heavy atom. The molecule has 5 rings (SSSR count). The molecule has 1 fully saturated rings. The number of carbonyl (C=O) groups is 1. The van der Waals surface area contributed by atoms with Crippen LogP contribution in [0.25, 0.3) is 27.5 Å². The van der Waals surface area contributed by atoms with Crippen molar-refractivity contribution < 1.29 is 29.3 Å². The van der Waals surface area contributed by atoms with Gasteiger partial charge in [-0.25, -0.2) is 4.98 Å². The van der Waals surface area contributed by atoms with Crippen LogP contribution in [0.3, 0.4) is 0 Å². The molecule has 6 heteroatoms. The van der Waals surface area contributed by atoms with Crippen LogP contribution in [0, 0.1) is 5.92 Å². The summed E-state index contributed by atoms with van der Waals surface area (Å²) >= 11 is 1.11. The summed E-state index contributed by atoms with van der Waals surface area (Å²) < 4.78 is 7.60. The number of rotatable bonds is 5. The third kappa shape index (κ3) is 3.78. The molecule has 2 aromatic carbocycles. The van der Waals surface area contributed by atoms with E-state index in [0.29, 0.717) is 5.92 Å². The molecule has 0 unspecified atom stereocenters. The second-order valence-corrected chi connectivity index (χ2v) is 8.62. The largest absolute Gasteiger partial charge is 1.00 e. The molecule has 0 spiro atoms. The molecular formula is C24H23LiN2O2S. The van der Waals surface area contributed by atoms with E-state index in [-0.39, 0.29) is 32.2 Å². The Morgan fingerprint density at radius 1 is 1.13 bits per heavy atom. The molecule has 2 aromatic heterocycles. The number of aromatic nitrogens is 2. The molecule has 0 amide bonds. The minimum absolute atomic E-state index is 0. The average Bonchev–Trinajstić information content (AvgIpc) is 3.52. The predicted octanol–water partition coefficient (Wildman–Crippen LogP) is 3.38. The van der Waals surface area contributed by atoms with Crippen LogP contribution in [-0.4, -0.2) is 15.5 Å². The molecule has 1 saturated carbocycles. The van der Waals surface area contributed by atoms with Gasteiger partial charge in [0.25, 0.3) is 0 Å². The summed E-state index contributed by atoms with van der Waals surface area (Å²) in [6, 6.07) is 19.0. The fraction of sp³-hybridized carbons (Fsp3) is 0.250. The van der Waals surface area contributed by atoms with Gasteiger partial charge < -0.3 is 5.61 Å². The van der Waals surface area contributed by atoms with Crippen molar-refractivity contribution in [2.45, 2.75) is 37.6 Å². The molecule has 1 aliphatic carbocycles. The minimum Gasteiger partial charge on any atom is -1.00 e. The summed E-state index contributed by atoms with van der Waals surface area (Å²) in [7, 11) is 0. The smallest absolute Gasteiger partial charge is 1.00 e. The Kier molecular flexibility index (Phi) is 5.97. The van der Waals surface area contributed by atoms with Crippen LogP contribution in [0.15, 0.2) is 65.8 Å². The number of pyridine rings is 1. The maximum absolute atomic E-state index is 12.1. The van der Waals surface area contributed by atoms with Crippen LogP contribution in [0.5, 0.6) is 0 Å². The van der Waals surface area contributed by atoms with Crippen molar-refractivity contribution in [1.29, 1.82) is 0 Å². The molecule has 0 atom stereocenters. The molecule has 0 bridgehead atoms. The fourth-order valence-corrected chi connectivity index (χ4v) is 4.53. The van der Waals surface area contributed by atoms with Gasteiger partial charge in [-0.2, -0.15) is 0 Å². The number of hydrogen-bond donors (Lipinski definition) is 0. The van der Waals surface area contributed by atoms with Crippen LogP contribution >= 0.6 is 12.0 Å². The van der Waals surface area contributed by atoms with E-state index in [0.717, 1.165) is 33.8 Å². The van der Waals surface area contributed by atoms with Gasteiger partial charge >= 0.3 is 24.8 Å². The topological polar surface area (TPSA) is 44.1 Å². The zero-order chi connectivity index (χ0) is 20.0. The second-order valence-electron chi connectivity index (χ2n) is 7.87. The first-order valence-electron chi connectivity index (χ1n) is 10.0. The zero-order valence-corrected chi connectivity index (χ0v) is 18.3. The maximum Gasteiger partial charge on any atom is 1.00 e. The van der Waals surface area contributed by atoms with Gasteiger partial charge in [0.1, 0.15) is 22.7 Å². The van der Waals surface area contributed by atoms with Gasteiger partial charge in [0.05, 0.1) is 11.6 Å². The average molecular weight is 410 g/mol.